The Hall–Kier alpha value is -1.77. The number of rotatable bonds is 6. The van der Waals surface area contributed by atoms with E-state index >= 15 is 0 Å². The number of anilines is 1. The quantitative estimate of drug-likeness (QED) is 0.801. The summed E-state index contributed by atoms with van der Waals surface area (Å²) in [6.45, 7) is 6.38. The lowest BCUT2D eigenvalue weighted by Crippen LogP contribution is -2.48. The van der Waals surface area contributed by atoms with Gasteiger partial charge in [0.15, 0.2) is 0 Å². The lowest BCUT2D eigenvalue weighted by atomic mass is 9.95. The molecule has 2 aliphatic rings. The van der Waals surface area contributed by atoms with Gasteiger partial charge in [0.05, 0.1) is 5.52 Å². The Labute approximate surface area is 154 Å². The Morgan fingerprint density at radius 1 is 1.19 bits per heavy atom. The number of aromatic nitrogens is 2. The van der Waals surface area contributed by atoms with Crippen molar-refractivity contribution in [3.8, 4) is 0 Å². The van der Waals surface area contributed by atoms with E-state index in [4.69, 9.17) is 15.1 Å². The van der Waals surface area contributed by atoms with Crippen molar-refractivity contribution >= 4 is 26.9 Å². The van der Waals surface area contributed by atoms with Gasteiger partial charge < -0.3 is 4.90 Å². The van der Waals surface area contributed by atoms with Gasteiger partial charge in [-0.3, -0.25) is 0 Å². The maximum absolute atomic E-state index is 11.0. The van der Waals surface area contributed by atoms with E-state index in [9.17, 15) is 8.42 Å². The molecule has 1 saturated heterocycles. The highest BCUT2D eigenvalue weighted by atomic mass is 32.2. The summed E-state index contributed by atoms with van der Waals surface area (Å²) in [7, 11) is -3.60. The summed E-state index contributed by atoms with van der Waals surface area (Å²) in [5.41, 5.74) is 3.52. The molecule has 2 aromatic rings. The van der Waals surface area contributed by atoms with E-state index in [1.54, 1.807) is 0 Å². The highest BCUT2D eigenvalue weighted by Gasteiger charge is 2.32. The van der Waals surface area contributed by atoms with Crippen LogP contribution in [0.15, 0.2) is 12.1 Å². The summed E-state index contributed by atoms with van der Waals surface area (Å²) < 4.78 is 24.3. The highest BCUT2D eigenvalue weighted by molar-refractivity contribution is 7.87. The first-order valence-corrected chi connectivity index (χ1v) is 10.7. The molecule has 1 aliphatic carbocycles. The Morgan fingerprint density at radius 2 is 1.88 bits per heavy atom. The summed E-state index contributed by atoms with van der Waals surface area (Å²) >= 11 is 0. The Morgan fingerprint density at radius 3 is 2.54 bits per heavy atom. The van der Waals surface area contributed by atoms with Gasteiger partial charge in [-0.15, -0.1) is 0 Å². The lowest BCUT2D eigenvalue weighted by Gasteiger charge is -2.41. The van der Waals surface area contributed by atoms with Gasteiger partial charge in [0.25, 0.3) is 10.2 Å². The Balaban J connectivity index is 1.54. The van der Waals surface area contributed by atoms with Gasteiger partial charge in [0.1, 0.15) is 11.6 Å². The molecule has 1 aromatic heterocycles. The number of nitrogens with two attached hydrogens (primary N) is 1. The van der Waals surface area contributed by atoms with Gasteiger partial charge in [0, 0.05) is 30.9 Å². The van der Waals surface area contributed by atoms with Crippen LogP contribution in [0.5, 0.6) is 0 Å². The maximum atomic E-state index is 11.0. The molecule has 2 heterocycles. The molecule has 2 fully saturated rings. The largest absolute Gasteiger partial charge is 0.355 e. The molecule has 3 N–H and O–H groups in total. The molecule has 0 spiro atoms. The molecule has 0 unspecified atom stereocenters. The first-order chi connectivity index (χ1) is 12.3. The average Bonchev–Trinajstić information content (AvgIpc) is 3.34. The van der Waals surface area contributed by atoms with Gasteiger partial charge in [-0.1, -0.05) is 0 Å². The molecule has 1 aromatic carbocycles. The second-order valence-corrected chi connectivity index (χ2v) is 9.01. The van der Waals surface area contributed by atoms with Gasteiger partial charge >= 0.3 is 0 Å². The molecule has 0 bridgehead atoms. The second kappa shape index (κ2) is 6.44. The Bertz CT molecular complexity index is 950. The third-order valence-electron chi connectivity index (χ3n) is 5.36. The van der Waals surface area contributed by atoms with Crippen molar-refractivity contribution in [2.75, 3.05) is 24.5 Å². The number of hydrogen-bond donors (Lipinski definition) is 2. The van der Waals surface area contributed by atoms with Crippen LogP contribution >= 0.6 is 0 Å². The standard InChI is InChI=1S/C18H25N5O2S/c1-11-7-15-16(8-12(11)2)21-17(14-3-4-14)22-18(15)23-9-13(10-23)5-6-20-26(19,24)25/h7-8,13-14,20H,3-6,9-10H2,1-2H3,(H2,19,24,25). The normalized spacial score (nSPS) is 18.3. The molecule has 4 rings (SSSR count). The fraction of sp³-hybridized carbons (Fsp3) is 0.556. The van der Waals surface area contributed by atoms with Crippen molar-refractivity contribution in [2.24, 2.45) is 11.1 Å². The summed E-state index contributed by atoms with van der Waals surface area (Å²) in [5.74, 6) is 2.95. The van der Waals surface area contributed by atoms with Crippen molar-refractivity contribution < 1.29 is 8.42 Å². The second-order valence-electron chi connectivity index (χ2n) is 7.63. The van der Waals surface area contributed by atoms with Gasteiger partial charge in [-0.05, 0) is 62.3 Å². The van der Waals surface area contributed by atoms with Crippen LogP contribution < -0.4 is 14.8 Å². The molecular weight excluding hydrogens is 350 g/mol. The van der Waals surface area contributed by atoms with Crippen LogP contribution in [0.1, 0.15) is 42.1 Å². The third kappa shape index (κ3) is 3.67. The van der Waals surface area contributed by atoms with Crippen molar-refractivity contribution in [3.05, 3.63) is 29.1 Å². The van der Waals surface area contributed by atoms with Gasteiger partial charge in [-0.25, -0.2) is 19.8 Å². The van der Waals surface area contributed by atoms with Crippen LogP contribution in [-0.4, -0.2) is 38.0 Å². The topological polar surface area (TPSA) is 101 Å². The first-order valence-electron chi connectivity index (χ1n) is 9.11. The highest BCUT2D eigenvalue weighted by Crippen LogP contribution is 2.41. The summed E-state index contributed by atoms with van der Waals surface area (Å²) in [6, 6.07) is 4.35. The third-order valence-corrected chi connectivity index (χ3v) is 5.97. The summed E-state index contributed by atoms with van der Waals surface area (Å²) in [6.07, 6.45) is 3.14. The van der Waals surface area contributed by atoms with Gasteiger partial charge in [-0.2, -0.15) is 8.42 Å². The van der Waals surface area contributed by atoms with Crippen molar-refractivity contribution in [2.45, 2.75) is 39.0 Å². The van der Waals surface area contributed by atoms with Crippen LogP contribution in [0.25, 0.3) is 10.9 Å². The van der Waals surface area contributed by atoms with Crippen LogP contribution in [-0.2, 0) is 10.2 Å². The average molecular weight is 375 g/mol. The lowest BCUT2D eigenvalue weighted by molar-refractivity contribution is 0.382. The van der Waals surface area contributed by atoms with E-state index < -0.39 is 10.2 Å². The summed E-state index contributed by atoms with van der Waals surface area (Å²) in [4.78, 5) is 12.0. The molecule has 7 nitrogen and oxygen atoms in total. The zero-order chi connectivity index (χ0) is 18.5. The number of nitrogens with one attached hydrogen (secondary N) is 1. The smallest absolute Gasteiger partial charge is 0.274 e. The minimum atomic E-state index is -3.60. The van der Waals surface area contributed by atoms with E-state index in [0.717, 1.165) is 42.1 Å². The van der Waals surface area contributed by atoms with Crippen molar-refractivity contribution in [1.29, 1.82) is 0 Å². The maximum Gasteiger partial charge on any atom is 0.274 e. The number of benzene rings is 1. The van der Waals surface area contributed by atoms with Gasteiger partial charge in [0.2, 0.25) is 0 Å². The molecule has 140 valence electrons. The zero-order valence-corrected chi connectivity index (χ0v) is 16.0. The van der Waals surface area contributed by atoms with E-state index in [1.807, 2.05) is 0 Å². The van der Waals surface area contributed by atoms with E-state index in [2.05, 4.69) is 35.6 Å². The molecule has 0 radical (unpaired) electrons. The van der Waals surface area contributed by atoms with Crippen LogP contribution in [0.4, 0.5) is 5.82 Å². The molecule has 26 heavy (non-hydrogen) atoms. The van der Waals surface area contributed by atoms with Crippen LogP contribution in [0, 0.1) is 19.8 Å². The van der Waals surface area contributed by atoms with Crippen molar-refractivity contribution in [3.63, 3.8) is 0 Å². The molecule has 0 atom stereocenters. The number of fused-ring (bicyclic) bond motifs is 1. The number of hydrogen-bond acceptors (Lipinski definition) is 5. The predicted octanol–water partition coefficient (Wildman–Crippen LogP) is 1.74. The molecular formula is C18H25N5O2S. The minimum Gasteiger partial charge on any atom is -0.355 e. The summed E-state index contributed by atoms with van der Waals surface area (Å²) in [5, 5.41) is 6.08. The number of aryl methyl sites for hydroxylation is 2. The fourth-order valence-electron chi connectivity index (χ4n) is 3.49. The van der Waals surface area contributed by atoms with Crippen LogP contribution in [0.3, 0.4) is 0 Å². The monoisotopic (exact) mass is 375 g/mol. The minimum absolute atomic E-state index is 0.382. The SMILES string of the molecule is Cc1cc2nc(C3CC3)nc(N3CC(CCNS(N)(=O)=O)C3)c2cc1C. The first kappa shape index (κ1) is 17.6. The predicted molar refractivity (Wildman–Crippen MR) is 102 cm³/mol. The fourth-order valence-corrected chi connectivity index (χ4v) is 3.89. The van der Waals surface area contributed by atoms with Crippen LogP contribution in [0.2, 0.25) is 0 Å². The van der Waals surface area contributed by atoms with E-state index in [0.29, 0.717) is 18.4 Å². The zero-order valence-electron chi connectivity index (χ0n) is 15.2. The number of nitrogens with zero attached hydrogens (tertiary/aromatic N) is 3. The Kier molecular flexibility index (Phi) is 4.37. The van der Waals surface area contributed by atoms with E-state index in [-0.39, 0.29) is 0 Å². The molecule has 1 saturated carbocycles. The molecule has 1 aliphatic heterocycles. The molecule has 8 heteroatoms. The molecule has 0 amide bonds. The van der Waals surface area contributed by atoms with E-state index in [1.165, 1.54) is 24.0 Å². The van der Waals surface area contributed by atoms with Crippen molar-refractivity contribution in [1.82, 2.24) is 14.7 Å².